The van der Waals surface area contributed by atoms with E-state index < -0.39 is 6.10 Å². The molecule has 4 heteroatoms. The first kappa shape index (κ1) is 16.4. The van der Waals surface area contributed by atoms with Gasteiger partial charge in [-0.3, -0.25) is 0 Å². The summed E-state index contributed by atoms with van der Waals surface area (Å²) >= 11 is 0. The standard InChI is InChI=1S/C13H25NO3/c1-3-5-7-14-11-13(15)12-17-10-9-16-8-6-4-2/h13-15H,4,6-12H2,1-2H3. The van der Waals surface area contributed by atoms with Crippen LogP contribution < -0.4 is 5.32 Å². The van der Waals surface area contributed by atoms with Gasteiger partial charge in [0, 0.05) is 13.2 Å². The molecule has 100 valence electrons. The van der Waals surface area contributed by atoms with E-state index in [9.17, 15) is 5.11 Å². The van der Waals surface area contributed by atoms with Crippen molar-refractivity contribution >= 4 is 0 Å². The maximum atomic E-state index is 9.51. The molecular weight excluding hydrogens is 218 g/mol. The molecular formula is C13H25NO3. The molecule has 1 unspecified atom stereocenters. The lowest BCUT2D eigenvalue weighted by atomic mass is 10.4. The van der Waals surface area contributed by atoms with Gasteiger partial charge >= 0.3 is 0 Å². The first-order valence-corrected chi connectivity index (χ1v) is 6.25. The van der Waals surface area contributed by atoms with Gasteiger partial charge in [0.1, 0.15) is 0 Å². The van der Waals surface area contributed by atoms with Crippen molar-refractivity contribution in [2.45, 2.75) is 32.8 Å². The van der Waals surface area contributed by atoms with Gasteiger partial charge in [0.25, 0.3) is 0 Å². The quantitative estimate of drug-likeness (QED) is 0.416. The molecule has 0 heterocycles. The molecule has 0 fully saturated rings. The molecule has 0 rings (SSSR count). The van der Waals surface area contributed by atoms with E-state index in [1.54, 1.807) is 6.92 Å². The largest absolute Gasteiger partial charge is 0.389 e. The molecule has 0 aliphatic heterocycles. The minimum atomic E-state index is -0.482. The van der Waals surface area contributed by atoms with Crippen molar-refractivity contribution in [1.82, 2.24) is 5.32 Å². The minimum Gasteiger partial charge on any atom is -0.389 e. The smallest absolute Gasteiger partial charge is 0.0898 e. The number of ether oxygens (including phenoxy) is 2. The molecule has 0 amide bonds. The van der Waals surface area contributed by atoms with E-state index in [2.05, 4.69) is 24.1 Å². The van der Waals surface area contributed by atoms with Crippen LogP contribution in [0.15, 0.2) is 0 Å². The van der Waals surface area contributed by atoms with E-state index >= 15 is 0 Å². The molecule has 4 nitrogen and oxygen atoms in total. The Bertz CT molecular complexity index is 210. The van der Waals surface area contributed by atoms with E-state index in [0.29, 0.717) is 32.9 Å². The second-order valence-corrected chi connectivity index (χ2v) is 3.75. The van der Waals surface area contributed by atoms with E-state index in [0.717, 1.165) is 19.4 Å². The fourth-order valence-electron chi connectivity index (χ4n) is 1.13. The van der Waals surface area contributed by atoms with Crippen LogP contribution in [0.2, 0.25) is 0 Å². The number of rotatable bonds is 11. The lowest BCUT2D eigenvalue weighted by Crippen LogP contribution is -2.31. The topological polar surface area (TPSA) is 50.7 Å². The Morgan fingerprint density at radius 2 is 2.00 bits per heavy atom. The van der Waals surface area contributed by atoms with Crippen molar-refractivity contribution in [3.8, 4) is 11.8 Å². The second-order valence-electron chi connectivity index (χ2n) is 3.75. The van der Waals surface area contributed by atoms with Crippen LogP contribution >= 0.6 is 0 Å². The van der Waals surface area contributed by atoms with Gasteiger partial charge in [-0.25, -0.2) is 0 Å². The van der Waals surface area contributed by atoms with Gasteiger partial charge in [-0.2, -0.15) is 0 Å². The highest BCUT2D eigenvalue weighted by Crippen LogP contribution is 1.89. The third-order valence-corrected chi connectivity index (χ3v) is 2.09. The van der Waals surface area contributed by atoms with E-state index in [1.165, 1.54) is 0 Å². The minimum absolute atomic E-state index is 0.337. The molecule has 1 atom stereocenters. The fourth-order valence-corrected chi connectivity index (χ4v) is 1.13. The first-order valence-electron chi connectivity index (χ1n) is 6.25. The average molecular weight is 243 g/mol. The Morgan fingerprint density at radius 3 is 2.71 bits per heavy atom. The highest BCUT2D eigenvalue weighted by Gasteiger charge is 2.02. The Kier molecular flexibility index (Phi) is 13.0. The molecule has 0 saturated carbocycles. The number of aliphatic hydroxyl groups is 1. The van der Waals surface area contributed by atoms with Crippen LogP contribution in [0.3, 0.4) is 0 Å². The number of unbranched alkanes of at least 4 members (excludes halogenated alkanes) is 1. The molecule has 0 aliphatic rings. The molecule has 0 aromatic rings. The normalized spacial score (nSPS) is 11.9. The Morgan fingerprint density at radius 1 is 1.24 bits per heavy atom. The highest BCUT2D eigenvalue weighted by molar-refractivity contribution is 4.96. The first-order chi connectivity index (χ1) is 8.31. The summed E-state index contributed by atoms with van der Waals surface area (Å²) in [4.78, 5) is 0. The Balaban J connectivity index is 3.15. The Hall–Kier alpha value is -0.600. The van der Waals surface area contributed by atoms with Crippen LogP contribution in [0, 0.1) is 11.8 Å². The molecule has 0 aromatic carbocycles. The summed E-state index contributed by atoms with van der Waals surface area (Å²) < 4.78 is 10.6. The van der Waals surface area contributed by atoms with Crippen LogP contribution in [0.4, 0.5) is 0 Å². The molecule has 0 radical (unpaired) electrons. The summed E-state index contributed by atoms with van der Waals surface area (Å²) in [5, 5.41) is 12.5. The molecule has 2 N–H and O–H groups in total. The van der Waals surface area contributed by atoms with Gasteiger partial charge in [-0.05, 0) is 13.3 Å². The number of nitrogens with one attached hydrogen (secondary N) is 1. The molecule has 0 aliphatic carbocycles. The van der Waals surface area contributed by atoms with Gasteiger partial charge < -0.3 is 19.9 Å². The van der Waals surface area contributed by atoms with Crippen LogP contribution in [-0.4, -0.2) is 50.7 Å². The van der Waals surface area contributed by atoms with Crippen molar-refractivity contribution in [3.05, 3.63) is 0 Å². The van der Waals surface area contributed by atoms with Crippen molar-refractivity contribution < 1.29 is 14.6 Å². The third kappa shape index (κ3) is 13.3. The van der Waals surface area contributed by atoms with E-state index in [-0.39, 0.29) is 0 Å². The number of hydrogen-bond donors (Lipinski definition) is 2. The zero-order chi connectivity index (χ0) is 12.8. The van der Waals surface area contributed by atoms with Crippen LogP contribution in [-0.2, 0) is 9.47 Å². The van der Waals surface area contributed by atoms with Crippen molar-refractivity contribution in [3.63, 3.8) is 0 Å². The lowest BCUT2D eigenvalue weighted by molar-refractivity contribution is 0.00422. The SMILES string of the molecule is CC#CCNCC(O)COCCOCCCC. The second kappa shape index (κ2) is 13.5. The van der Waals surface area contributed by atoms with Gasteiger partial charge in [0.2, 0.25) is 0 Å². The summed E-state index contributed by atoms with van der Waals surface area (Å²) in [5.74, 6) is 5.64. The maximum Gasteiger partial charge on any atom is 0.0898 e. The molecule has 0 saturated heterocycles. The van der Waals surface area contributed by atoms with Gasteiger partial charge in [0.05, 0.1) is 32.5 Å². The average Bonchev–Trinajstić information content (AvgIpc) is 2.33. The third-order valence-electron chi connectivity index (χ3n) is 2.09. The Labute approximate surface area is 105 Å². The molecule has 0 bridgehead atoms. The van der Waals surface area contributed by atoms with Crippen molar-refractivity contribution in [2.24, 2.45) is 0 Å². The van der Waals surface area contributed by atoms with E-state index in [4.69, 9.17) is 9.47 Å². The fraction of sp³-hybridized carbons (Fsp3) is 0.846. The highest BCUT2D eigenvalue weighted by atomic mass is 16.5. The van der Waals surface area contributed by atoms with Crippen molar-refractivity contribution in [1.29, 1.82) is 0 Å². The van der Waals surface area contributed by atoms with Crippen LogP contribution in [0.5, 0.6) is 0 Å². The summed E-state index contributed by atoms with van der Waals surface area (Å²) in [7, 11) is 0. The van der Waals surface area contributed by atoms with Crippen LogP contribution in [0.25, 0.3) is 0 Å². The molecule has 0 spiro atoms. The predicted molar refractivity (Wildman–Crippen MR) is 68.9 cm³/mol. The van der Waals surface area contributed by atoms with Crippen LogP contribution in [0.1, 0.15) is 26.7 Å². The predicted octanol–water partition coefficient (Wildman–Crippen LogP) is 0.793. The lowest BCUT2D eigenvalue weighted by Gasteiger charge is -2.11. The summed E-state index contributed by atoms with van der Waals surface area (Å²) in [6, 6.07) is 0. The monoisotopic (exact) mass is 243 g/mol. The van der Waals surface area contributed by atoms with Crippen molar-refractivity contribution in [2.75, 3.05) is 39.5 Å². The summed E-state index contributed by atoms with van der Waals surface area (Å²) in [6.45, 7) is 7.30. The maximum absolute atomic E-state index is 9.51. The zero-order valence-corrected chi connectivity index (χ0v) is 11.0. The summed E-state index contributed by atoms with van der Waals surface area (Å²) in [6.07, 6.45) is 1.75. The summed E-state index contributed by atoms with van der Waals surface area (Å²) in [5.41, 5.74) is 0. The van der Waals surface area contributed by atoms with Gasteiger partial charge in [-0.1, -0.05) is 19.3 Å². The number of aliphatic hydroxyl groups excluding tert-OH is 1. The van der Waals surface area contributed by atoms with E-state index in [1.807, 2.05) is 0 Å². The number of hydrogen-bond acceptors (Lipinski definition) is 4. The van der Waals surface area contributed by atoms with Gasteiger partial charge in [-0.15, -0.1) is 5.92 Å². The van der Waals surface area contributed by atoms with Gasteiger partial charge in [0.15, 0.2) is 0 Å². The molecule has 17 heavy (non-hydrogen) atoms. The zero-order valence-electron chi connectivity index (χ0n) is 11.0. The molecule has 0 aromatic heterocycles.